The van der Waals surface area contributed by atoms with Crippen molar-refractivity contribution in [2.24, 2.45) is 18.7 Å². The molecule has 0 spiro atoms. The Hall–Kier alpha value is -1.62. The summed E-state index contributed by atoms with van der Waals surface area (Å²) in [6, 6.07) is 0. The Bertz CT molecular complexity index is 497. The maximum Gasteiger partial charge on any atom is 0.128 e. The van der Waals surface area contributed by atoms with E-state index < -0.39 is 0 Å². The van der Waals surface area contributed by atoms with Crippen LogP contribution in [-0.4, -0.2) is 25.6 Å². The lowest BCUT2D eigenvalue weighted by atomic mass is 9.93. The van der Waals surface area contributed by atoms with Gasteiger partial charge in [0.1, 0.15) is 5.82 Å². The van der Waals surface area contributed by atoms with Crippen molar-refractivity contribution in [3.8, 4) is 0 Å². The molecule has 2 aromatic heterocycles. The average Bonchev–Trinajstić information content (AvgIpc) is 2.91. The molecule has 0 aromatic carbocycles. The Morgan fingerprint density at radius 3 is 2.72 bits per heavy atom. The minimum Gasteiger partial charge on any atom is -0.337 e. The molecule has 0 saturated heterocycles. The first-order valence-corrected chi connectivity index (χ1v) is 6.29. The van der Waals surface area contributed by atoms with E-state index in [-0.39, 0.29) is 0 Å². The number of nitrogens with zero attached hydrogens (tertiary/aromatic N) is 4. The lowest BCUT2D eigenvalue weighted by Crippen LogP contribution is -2.21. The summed E-state index contributed by atoms with van der Waals surface area (Å²) >= 11 is 0. The summed E-state index contributed by atoms with van der Waals surface area (Å²) in [5, 5.41) is 0. The van der Waals surface area contributed by atoms with Gasteiger partial charge in [-0.2, -0.15) is 0 Å². The predicted octanol–water partition coefficient (Wildman–Crippen LogP) is 1.36. The first-order valence-electron chi connectivity index (χ1n) is 6.29. The Morgan fingerprint density at radius 1 is 1.39 bits per heavy atom. The zero-order valence-corrected chi connectivity index (χ0v) is 11.2. The molecule has 1 atom stereocenters. The molecule has 18 heavy (non-hydrogen) atoms. The number of aryl methyl sites for hydroxylation is 1. The molecule has 0 aliphatic rings. The molecule has 2 heterocycles. The smallest absolute Gasteiger partial charge is 0.128 e. The van der Waals surface area contributed by atoms with Crippen LogP contribution in [0.2, 0.25) is 0 Å². The number of rotatable bonds is 5. The van der Waals surface area contributed by atoms with Crippen LogP contribution in [0.4, 0.5) is 0 Å². The molecule has 5 heteroatoms. The molecule has 2 aromatic rings. The summed E-state index contributed by atoms with van der Waals surface area (Å²) in [6.07, 6.45) is 7.54. The van der Waals surface area contributed by atoms with Crippen LogP contribution in [-0.2, 0) is 13.6 Å². The van der Waals surface area contributed by atoms with Gasteiger partial charge in [0.05, 0.1) is 12.9 Å². The first kappa shape index (κ1) is 12.8. The molecule has 2 N–H and O–H groups in total. The maximum atomic E-state index is 5.88. The number of imidazole rings is 2. The number of aromatic nitrogens is 4. The largest absolute Gasteiger partial charge is 0.337 e. The highest BCUT2D eigenvalue weighted by molar-refractivity contribution is 5.10. The van der Waals surface area contributed by atoms with E-state index in [1.165, 1.54) is 5.69 Å². The van der Waals surface area contributed by atoms with Crippen molar-refractivity contribution in [1.29, 1.82) is 0 Å². The molecule has 0 aliphatic heterocycles. The Morgan fingerprint density at radius 2 is 2.17 bits per heavy atom. The lowest BCUT2D eigenvalue weighted by Gasteiger charge is -2.20. The Kier molecular flexibility index (Phi) is 3.81. The molecule has 98 valence electrons. The third-order valence-corrected chi connectivity index (χ3v) is 3.42. The van der Waals surface area contributed by atoms with Crippen LogP contribution in [0.3, 0.4) is 0 Å². The molecular weight excluding hydrogens is 226 g/mol. The topological polar surface area (TPSA) is 61.7 Å². The third-order valence-electron chi connectivity index (χ3n) is 3.42. The fourth-order valence-electron chi connectivity index (χ4n) is 2.21. The molecule has 0 fully saturated rings. The minimum atomic E-state index is 0.341. The first-order chi connectivity index (χ1) is 8.63. The van der Waals surface area contributed by atoms with Crippen LogP contribution in [0, 0.1) is 5.92 Å². The van der Waals surface area contributed by atoms with Crippen LogP contribution in [0.15, 0.2) is 24.9 Å². The highest BCUT2D eigenvalue weighted by atomic mass is 15.1. The summed E-state index contributed by atoms with van der Waals surface area (Å²) < 4.78 is 4.16. The van der Waals surface area contributed by atoms with E-state index in [4.69, 9.17) is 5.73 Å². The van der Waals surface area contributed by atoms with Gasteiger partial charge in [0.25, 0.3) is 0 Å². The molecule has 2 rings (SSSR count). The highest BCUT2D eigenvalue weighted by Crippen LogP contribution is 2.23. The van der Waals surface area contributed by atoms with Crippen molar-refractivity contribution in [1.82, 2.24) is 19.1 Å². The van der Waals surface area contributed by atoms with Gasteiger partial charge in [0.2, 0.25) is 0 Å². The molecule has 5 nitrogen and oxygen atoms in total. The van der Waals surface area contributed by atoms with Gasteiger partial charge in [-0.1, -0.05) is 13.8 Å². The monoisotopic (exact) mass is 247 g/mol. The van der Waals surface area contributed by atoms with E-state index >= 15 is 0 Å². The lowest BCUT2D eigenvalue weighted by molar-refractivity contribution is 0.475. The highest BCUT2D eigenvalue weighted by Gasteiger charge is 2.18. The van der Waals surface area contributed by atoms with Gasteiger partial charge < -0.3 is 14.9 Å². The van der Waals surface area contributed by atoms with E-state index in [2.05, 4.69) is 28.4 Å². The number of nitrogens with two attached hydrogens (primary N) is 1. The van der Waals surface area contributed by atoms with Gasteiger partial charge in [0, 0.05) is 43.8 Å². The molecule has 0 amide bonds. The third kappa shape index (κ3) is 2.46. The summed E-state index contributed by atoms with van der Waals surface area (Å²) in [5.74, 6) is 1.87. The van der Waals surface area contributed by atoms with Gasteiger partial charge in [-0.15, -0.1) is 0 Å². The minimum absolute atomic E-state index is 0.341. The second-order valence-corrected chi connectivity index (χ2v) is 4.99. The number of hydrogen-bond acceptors (Lipinski definition) is 3. The van der Waals surface area contributed by atoms with Crippen LogP contribution < -0.4 is 5.73 Å². The van der Waals surface area contributed by atoms with Gasteiger partial charge in [-0.25, -0.2) is 9.97 Å². The average molecular weight is 247 g/mol. The van der Waals surface area contributed by atoms with E-state index in [0.717, 1.165) is 12.4 Å². The van der Waals surface area contributed by atoms with Crippen molar-refractivity contribution in [2.75, 3.05) is 6.54 Å². The molecule has 0 bridgehead atoms. The van der Waals surface area contributed by atoms with E-state index in [1.807, 2.05) is 36.5 Å². The molecular formula is C13H21N5. The van der Waals surface area contributed by atoms with Crippen molar-refractivity contribution >= 4 is 0 Å². The van der Waals surface area contributed by atoms with Gasteiger partial charge in [-0.05, 0) is 5.92 Å². The molecule has 1 unspecified atom stereocenters. The fraction of sp³-hybridized carbons (Fsp3) is 0.538. The second kappa shape index (κ2) is 5.35. The standard InChI is InChI=1S/C13H21N5/c1-10(2)11(6-14)12-7-15-9-18(12)8-13-16-4-5-17(13)3/h4-5,7,9-11H,6,8,14H2,1-3H3. The normalized spacial score (nSPS) is 13.2. The molecule has 0 aliphatic carbocycles. The SMILES string of the molecule is CC(C)C(CN)c1cncn1Cc1nccn1C. The van der Waals surface area contributed by atoms with Crippen LogP contribution in [0.1, 0.15) is 31.3 Å². The van der Waals surface area contributed by atoms with Crippen molar-refractivity contribution in [3.63, 3.8) is 0 Å². The van der Waals surface area contributed by atoms with Gasteiger partial charge >= 0.3 is 0 Å². The van der Waals surface area contributed by atoms with Crippen LogP contribution in [0.5, 0.6) is 0 Å². The maximum absolute atomic E-state index is 5.88. The zero-order chi connectivity index (χ0) is 13.1. The number of hydrogen-bond donors (Lipinski definition) is 1. The van der Waals surface area contributed by atoms with Gasteiger partial charge in [0.15, 0.2) is 0 Å². The molecule has 0 radical (unpaired) electrons. The van der Waals surface area contributed by atoms with Crippen molar-refractivity contribution in [3.05, 3.63) is 36.4 Å². The van der Waals surface area contributed by atoms with E-state index in [0.29, 0.717) is 18.4 Å². The van der Waals surface area contributed by atoms with Crippen LogP contribution >= 0.6 is 0 Å². The predicted molar refractivity (Wildman–Crippen MR) is 71.2 cm³/mol. The summed E-state index contributed by atoms with van der Waals surface area (Å²) in [6.45, 7) is 5.76. The summed E-state index contributed by atoms with van der Waals surface area (Å²) in [4.78, 5) is 8.60. The Labute approximate surface area is 108 Å². The van der Waals surface area contributed by atoms with Crippen molar-refractivity contribution < 1.29 is 0 Å². The Balaban J connectivity index is 2.25. The van der Waals surface area contributed by atoms with E-state index in [1.54, 1.807) is 0 Å². The molecule has 0 saturated carbocycles. The van der Waals surface area contributed by atoms with Crippen molar-refractivity contribution in [2.45, 2.75) is 26.3 Å². The van der Waals surface area contributed by atoms with Gasteiger partial charge in [-0.3, -0.25) is 0 Å². The van der Waals surface area contributed by atoms with E-state index in [9.17, 15) is 0 Å². The summed E-state index contributed by atoms with van der Waals surface area (Å²) in [5.41, 5.74) is 7.07. The van der Waals surface area contributed by atoms with Crippen LogP contribution in [0.25, 0.3) is 0 Å². The summed E-state index contributed by atoms with van der Waals surface area (Å²) in [7, 11) is 2.00. The quantitative estimate of drug-likeness (QED) is 0.868. The zero-order valence-electron chi connectivity index (χ0n) is 11.2. The second-order valence-electron chi connectivity index (χ2n) is 4.99. The fourth-order valence-corrected chi connectivity index (χ4v) is 2.21.